The molecular weight excluding hydrogens is 196 g/mol. The van der Waals surface area contributed by atoms with Crippen molar-refractivity contribution in [3.63, 3.8) is 0 Å². The van der Waals surface area contributed by atoms with Crippen LogP contribution >= 0.6 is 0 Å². The van der Waals surface area contributed by atoms with E-state index in [2.05, 4.69) is 32.9 Å². The maximum Gasteiger partial charge on any atom is 0.111 e. The molecule has 1 heteroatoms. The Morgan fingerprint density at radius 3 is 2.56 bits per heavy atom. The molecule has 1 aliphatic rings. The highest BCUT2D eigenvalue weighted by Gasteiger charge is 2.11. The maximum atomic E-state index is 5.66. The highest BCUT2D eigenvalue weighted by atomic mass is 16.3. The van der Waals surface area contributed by atoms with Crippen LogP contribution in [-0.2, 0) is 12.8 Å². The van der Waals surface area contributed by atoms with Crippen molar-refractivity contribution < 1.29 is 4.42 Å². The number of fused-ring (bicyclic) bond motifs is 1. The minimum absolute atomic E-state index is 0.968. The van der Waals surface area contributed by atoms with Crippen LogP contribution in [0.4, 0.5) is 0 Å². The van der Waals surface area contributed by atoms with Gasteiger partial charge in [0, 0.05) is 6.42 Å². The van der Waals surface area contributed by atoms with Crippen molar-refractivity contribution in [1.82, 2.24) is 0 Å². The van der Waals surface area contributed by atoms with Crippen LogP contribution < -0.4 is 0 Å². The van der Waals surface area contributed by atoms with Crippen LogP contribution in [0.3, 0.4) is 0 Å². The lowest BCUT2D eigenvalue weighted by Crippen LogP contribution is -1.96. The number of hydrogen-bond donors (Lipinski definition) is 0. The molecule has 1 aromatic rings. The quantitative estimate of drug-likeness (QED) is 0.587. The molecule has 1 aromatic heterocycles. The number of furan rings is 1. The van der Waals surface area contributed by atoms with E-state index in [9.17, 15) is 0 Å². The molecule has 0 unspecified atom stereocenters. The molecule has 0 saturated carbocycles. The molecule has 0 aliphatic heterocycles. The van der Waals surface area contributed by atoms with E-state index in [1.807, 2.05) is 6.26 Å². The summed E-state index contributed by atoms with van der Waals surface area (Å²) in [5.41, 5.74) is 5.61. The molecular formula is C15H20O. The van der Waals surface area contributed by atoms with Crippen molar-refractivity contribution in [3.8, 4) is 0 Å². The van der Waals surface area contributed by atoms with Crippen molar-refractivity contribution in [2.75, 3.05) is 0 Å². The van der Waals surface area contributed by atoms with E-state index < -0.39 is 0 Å². The topological polar surface area (TPSA) is 13.1 Å². The summed E-state index contributed by atoms with van der Waals surface area (Å²) in [5.74, 6) is 1.17. The summed E-state index contributed by atoms with van der Waals surface area (Å²) in [4.78, 5) is 0. The normalized spacial score (nSPS) is 17.4. The SMILES string of the molecule is CC1=CCC=C(C)Cc2occ(C)c2CC1. The van der Waals surface area contributed by atoms with Crippen LogP contribution in [0.15, 0.2) is 34.0 Å². The van der Waals surface area contributed by atoms with Gasteiger partial charge in [-0.15, -0.1) is 0 Å². The Hall–Kier alpha value is -1.24. The fraction of sp³-hybridized carbons (Fsp3) is 0.467. The average molecular weight is 216 g/mol. The molecule has 0 saturated heterocycles. The summed E-state index contributed by atoms with van der Waals surface area (Å²) in [6.07, 6.45) is 10.8. The standard InChI is InChI=1S/C15H20O/c1-11-5-4-6-12(2)9-15-14(8-7-11)13(3)10-16-15/h5-6,10H,4,7-9H2,1-3H3. The van der Waals surface area contributed by atoms with Gasteiger partial charge in [-0.2, -0.15) is 0 Å². The minimum Gasteiger partial charge on any atom is -0.468 e. The van der Waals surface area contributed by atoms with Gasteiger partial charge < -0.3 is 4.42 Å². The van der Waals surface area contributed by atoms with Crippen LogP contribution in [0.1, 0.15) is 43.6 Å². The van der Waals surface area contributed by atoms with E-state index in [1.54, 1.807) is 0 Å². The Morgan fingerprint density at radius 1 is 1.00 bits per heavy atom. The Balaban J connectivity index is 2.34. The Morgan fingerprint density at radius 2 is 1.75 bits per heavy atom. The monoisotopic (exact) mass is 216 g/mol. The molecule has 0 atom stereocenters. The highest BCUT2D eigenvalue weighted by molar-refractivity contribution is 5.31. The van der Waals surface area contributed by atoms with Crippen molar-refractivity contribution in [2.24, 2.45) is 0 Å². The highest BCUT2D eigenvalue weighted by Crippen LogP contribution is 2.24. The van der Waals surface area contributed by atoms with Gasteiger partial charge in [-0.1, -0.05) is 23.3 Å². The summed E-state index contributed by atoms with van der Waals surface area (Å²) in [6, 6.07) is 0. The van der Waals surface area contributed by atoms with E-state index in [-0.39, 0.29) is 0 Å². The summed E-state index contributed by atoms with van der Waals surface area (Å²) in [5, 5.41) is 0. The van der Waals surface area contributed by atoms with E-state index in [1.165, 1.54) is 28.0 Å². The summed E-state index contributed by atoms with van der Waals surface area (Å²) in [6.45, 7) is 6.55. The Bertz CT molecular complexity index is 432. The lowest BCUT2D eigenvalue weighted by molar-refractivity contribution is 0.513. The van der Waals surface area contributed by atoms with Crippen molar-refractivity contribution in [3.05, 3.63) is 46.4 Å². The van der Waals surface area contributed by atoms with Crippen LogP contribution in [0, 0.1) is 6.92 Å². The van der Waals surface area contributed by atoms with Gasteiger partial charge in [-0.25, -0.2) is 0 Å². The summed E-state index contributed by atoms with van der Waals surface area (Å²) < 4.78 is 5.66. The first kappa shape index (κ1) is 11.3. The molecule has 0 spiro atoms. The number of aryl methyl sites for hydroxylation is 1. The molecule has 1 aliphatic carbocycles. The van der Waals surface area contributed by atoms with Crippen LogP contribution in [0.2, 0.25) is 0 Å². The number of hydrogen-bond acceptors (Lipinski definition) is 1. The number of allylic oxidation sites excluding steroid dienone is 4. The second-order valence-electron chi connectivity index (χ2n) is 4.83. The number of rotatable bonds is 0. The molecule has 0 amide bonds. The fourth-order valence-electron chi connectivity index (χ4n) is 2.22. The third kappa shape index (κ3) is 2.46. The van der Waals surface area contributed by atoms with Crippen LogP contribution in [-0.4, -0.2) is 0 Å². The Labute approximate surface area is 97.9 Å². The van der Waals surface area contributed by atoms with Crippen LogP contribution in [0.5, 0.6) is 0 Å². The zero-order valence-corrected chi connectivity index (χ0v) is 10.5. The molecule has 2 rings (SSSR count). The van der Waals surface area contributed by atoms with E-state index in [4.69, 9.17) is 4.42 Å². The lowest BCUT2D eigenvalue weighted by Gasteiger charge is -2.07. The van der Waals surface area contributed by atoms with Gasteiger partial charge in [0.2, 0.25) is 0 Å². The third-order valence-electron chi connectivity index (χ3n) is 3.33. The van der Waals surface area contributed by atoms with Crippen LogP contribution in [0.25, 0.3) is 0 Å². The largest absolute Gasteiger partial charge is 0.468 e. The maximum absolute atomic E-state index is 5.66. The first-order valence-electron chi connectivity index (χ1n) is 6.04. The molecule has 0 N–H and O–H groups in total. The summed E-state index contributed by atoms with van der Waals surface area (Å²) >= 11 is 0. The van der Waals surface area contributed by atoms with E-state index in [0.717, 1.165) is 25.7 Å². The first-order valence-corrected chi connectivity index (χ1v) is 6.04. The van der Waals surface area contributed by atoms with Gasteiger partial charge in [0.05, 0.1) is 6.26 Å². The predicted octanol–water partition coefficient (Wildman–Crippen LogP) is 4.36. The molecule has 1 nitrogen and oxygen atoms in total. The third-order valence-corrected chi connectivity index (χ3v) is 3.33. The van der Waals surface area contributed by atoms with E-state index in [0.29, 0.717) is 0 Å². The first-order chi connectivity index (χ1) is 7.66. The van der Waals surface area contributed by atoms with E-state index >= 15 is 0 Å². The summed E-state index contributed by atoms with van der Waals surface area (Å²) in [7, 11) is 0. The zero-order valence-electron chi connectivity index (χ0n) is 10.5. The smallest absolute Gasteiger partial charge is 0.111 e. The minimum atomic E-state index is 0.968. The molecule has 16 heavy (non-hydrogen) atoms. The second-order valence-corrected chi connectivity index (χ2v) is 4.83. The molecule has 0 radical (unpaired) electrons. The second kappa shape index (κ2) is 4.73. The van der Waals surface area contributed by atoms with Crippen molar-refractivity contribution in [2.45, 2.75) is 46.5 Å². The Kier molecular flexibility index (Phi) is 3.33. The van der Waals surface area contributed by atoms with Crippen molar-refractivity contribution in [1.29, 1.82) is 0 Å². The average Bonchev–Trinajstić information content (AvgIpc) is 2.57. The molecule has 86 valence electrons. The van der Waals surface area contributed by atoms with Gasteiger partial charge in [0.1, 0.15) is 5.76 Å². The zero-order chi connectivity index (χ0) is 11.5. The van der Waals surface area contributed by atoms with Gasteiger partial charge in [-0.3, -0.25) is 0 Å². The molecule has 0 bridgehead atoms. The van der Waals surface area contributed by atoms with Gasteiger partial charge in [0.15, 0.2) is 0 Å². The van der Waals surface area contributed by atoms with Gasteiger partial charge in [-0.05, 0) is 51.2 Å². The van der Waals surface area contributed by atoms with Gasteiger partial charge >= 0.3 is 0 Å². The fourth-order valence-corrected chi connectivity index (χ4v) is 2.22. The lowest BCUT2D eigenvalue weighted by atomic mass is 9.97. The molecule has 0 aromatic carbocycles. The van der Waals surface area contributed by atoms with Gasteiger partial charge in [0.25, 0.3) is 0 Å². The molecule has 1 heterocycles. The van der Waals surface area contributed by atoms with Crippen molar-refractivity contribution >= 4 is 0 Å². The predicted molar refractivity (Wildman–Crippen MR) is 67.6 cm³/mol. The molecule has 0 fully saturated rings.